The van der Waals surface area contributed by atoms with Gasteiger partial charge >= 0.3 is 0 Å². The van der Waals surface area contributed by atoms with Crippen molar-refractivity contribution in [3.05, 3.63) is 83.4 Å². The van der Waals surface area contributed by atoms with E-state index in [1.165, 1.54) is 16.9 Å². The van der Waals surface area contributed by atoms with Gasteiger partial charge in [0.25, 0.3) is 0 Å². The Morgan fingerprint density at radius 1 is 1.12 bits per heavy atom. The van der Waals surface area contributed by atoms with Crippen molar-refractivity contribution in [3.63, 3.8) is 0 Å². The van der Waals surface area contributed by atoms with Crippen molar-refractivity contribution < 1.29 is 9.21 Å². The Morgan fingerprint density at radius 2 is 1.94 bits per heavy atom. The summed E-state index contributed by atoms with van der Waals surface area (Å²) < 4.78 is 7.60. The van der Waals surface area contributed by atoms with Gasteiger partial charge < -0.3 is 9.73 Å². The summed E-state index contributed by atoms with van der Waals surface area (Å²) in [5.41, 5.74) is 3.57. The van der Waals surface area contributed by atoms with Crippen LogP contribution in [0.25, 0.3) is 27.6 Å². The molecule has 0 bridgehead atoms. The van der Waals surface area contributed by atoms with Crippen molar-refractivity contribution in [2.45, 2.75) is 12.7 Å². The summed E-state index contributed by atoms with van der Waals surface area (Å²) in [5.74, 6) is 2.40. The van der Waals surface area contributed by atoms with Crippen LogP contribution in [0.15, 0.2) is 76.5 Å². The van der Waals surface area contributed by atoms with E-state index < -0.39 is 0 Å². The van der Waals surface area contributed by atoms with Gasteiger partial charge in [-0.05, 0) is 24.6 Å². The molecule has 160 valence electrons. The van der Waals surface area contributed by atoms with Gasteiger partial charge in [0.2, 0.25) is 11.0 Å². The van der Waals surface area contributed by atoms with Crippen LogP contribution in [-0.2, 0) is 10.5 Å². The van der Waals surface area contributed by atoms with E-state index in [0.29, 0.717) is 22.5 Å². The summed E-state index contributed by atoms with van der Waals surface area (Å²) in [7, 11) is 0. The first-order valence-electron chi connectivity index (χ1n) is 10.1. The van der Waals surface area contributed by atoms with E-state index in [4.69, 9.17) is 9.40 Å². The lowest BCUT2D eigenvalue weighted by Crippen LogP contribution is -2.17. The molecule has 0 aliphatic carbocycles. The highest BCUT2D eigenvalue weighted by molar-refractivity contribution is 7.99. The van der Waals surface area contributed by atoms with Crippen molar-refractivity contribution in [2.24, 2.45) is 0 Å². The number of para-hydroxylation sites is 1. The minimum Gasteiger partial charge on any atom is -0.454 e. The zero-order chi connectivity index (χ0) is 21.9. The average molecular weight is 461 g/mol. The first-order valence-corrected chi connectivity index (χ1v) is 12.1. The van der Waals surface area contributed by atoms with E-state index in [0.717, 1.165) is 28.1 Å². The number of carbonyl (C=O) groups is 1. The normalized spacial score (nSPS) is 11.2. The number of hydrogen-bond acceptors (Lipinski definition) is 6. The fourth-order valence-electron chi connectivity index (χ4n) is 3.33. The van der Waals surface area contributed by atoms with Crippen molar-refractivity contribution >= 4 is 45.8 Å². The molecule has 1 amide bonds. The third kappa shape index (κ3) is 4.46. The summed E-state index contributed by atoms with van der Waals surface area (Å²) >= 11 is 3.03. The smallest absolute Gasteiger partial charge is 0.235 e. The summed E-state index contributed by atoms with van der Waals surface area (Å²) in [6.07, 6.45) is 0. The van der Waals surface area contributed by atoms with Crippen LogP contribution < -0.4 is 5.32 Å². The largest absolute Gasteiger partial charge is 0.454 e. The number of anilines is 1. The third-order valence-electron chi connectivity index (χ3n) is 4.79. The zero-order valence-corrected chi connectivity index (χ0v) is 19.0. The Balaban J connectivity index is 1.29. The van der Waals surface area contributed by atoms with E-state index >= 15 is 0 Å². The van der Waals surface area contributed by atoms with Crippen molar-refractivity contribution in [2.75, 3.05) is 11.1 Å². The van der Waals surface area contributed by atoms with Crippen LogP contribution in [-0.4, -0.2) is 26.4 Å². The molecule has 0 atom stereocenters. The molecule has 8 heteroatoms. The second-order valence-corrected chi connectivity index (χ2v) is 9.10. The summed E-state index contributed by atoms with van der Waals surface area (Å²) in [5, 5.41) is 11.1. The van der Waals surface area contributed by atoms with Gasteiger partial charge in [-0.1, -0.05) is 48.5 Å². The number of carbonyl (C=O) groups excluding carboxylic acids is 1. The summed E-state index contributed by atoms with van der Waals surface area (Å²) in [6, 6.07) is 21.8. The lowest BCUT2D eigenvalue weighted by Gasteiger charge is -2.06. The topological polar surface area (TPSA) is 73.0 Å². The van der Waals surface area contributed by atoms with Crippen molar-refractivity contribution in [3.8, 4) is 16.6 Å². The predicted octanol–water partition coefficient (Wildman–Crippen LogP) is 5.92. The molecule has 0 fully saturated rings. The molecule has 0 aliphatic rings. The number of aromatic nitrogens is 3. The fraction of sp³-hybridized carbons (Fsp3) is 0.125. The molecule has 0 saturated heterocycles. The van der Waals surface area contributed by atoms with Gasteiger partial charge in [-0.15, -0.1) is 23.1 Å². The van der Waals surface area contributed by atoms with E-state index in [1.807, 2.05) is 66.9 Å². The van der Waals surface area contributed by atoms with E-state index in [1.54, 1.807) is 16.4 Å². The number of thioether (sulfide) groups is 1. The summed E-state index contributed by atoms with van der Waals surface area (Å²) in [4.78, 5) is 17.2. The Morgan fingerprint density at radius 3 is 2.78 bits per heavy atom. The van der Waals surface area contributed by atoms with Gasteiger partial charge in [-0.2, -0.15) is 9.78 Å². The molecule has 0 radical (unpaired) electrons. The second-order valence-electron chi connectivity index (χ2n) is 7.27. The first kappa shape index (κ1) is 20.5. The highest BCUT2D eigenvalue weighted by Gasteiger charge is 2.16. The number of rotatable bonds is 7. The highest BCUT2D eigenvalue weighted by Crippen LogP contribution is 2.30. The maximum atomic E-state index is 12.5. The van der Waals surface area contributed by atoms with Crippen LogP contribution >= 0.6 is 23.1 Å². The monoisotopic (exact) mass is 460 g/mol. The van der Waals surface area contributed by atoms with E-state index in [2.05, 4.69) is 22.5 Å². The number of aryl methyl sites for hydroxylation is 1. The molecule has 5 rings (SSSR count). The first-order chi connectivity index (χ1) is 15.7. The van der Waals surface area contributed by atoms with Crippen molar-refractivity contribution in [1.82, 2.24) is 14.8 Å². The van der Waals surface area contributed by atoms with Crippen LogP contribution in [0.1, 0.15) is 11.3 Å². The lowest BCUT2D eigenvalue weighted by molar-refractivity contribution is -0.113. The number of furan rings is 1. The molecule has 0 aliphatic heterocycles. The van der Waals surface area contributed by atoms with Gasteiger partial charge in [-0.25, -0.2) is 4.98 Å². The van der Waals surface area contributed by atoms with Gasteiger partial charge in [0.15, 0.2) is 5.76 Å². The van der Waals surface area contributed by atoms with Crippen molar-refractivity contribution in [1.29, 1.82) is 0 Å². The molecule has 0 saturated carbocycles. The molecular formula is C24H20N4O2S2. The molecule has 0 spiro atoms. The lowest BCUT2D eigenvalue weighted by atomic mass is 10.2. The number of benzene rings is 2. The van der Waals surface area contributed by atoms with Gasteiger partial charge in [0, 0.05) is 22.6 Å². The molecule has 32 heavy (non-hydrogen) atoms. The van der Waals surface area contributed by atoms with Crippen LogP contribution in [0.2, 0.25) is 0 Å². The van der Waals surface area contributed by atoms with Gasteiger partial charge in [0.05, 0.1) is 11.4 Å². The molecule has 3 heterocycles. The molecule has 3 aromatic heterocycles. The van der Waals surface area contributed by atoms with E-state index in [9.17, 15) is 4.79 Å². The SMILES string of the molecule is Cc1cc(NC(=O)CSCc2ccccc2)n(-c2nc(-c3cc4ccccc4o3)cs2)n1. The zero-order valence-electron chi connectivity index (χ0n) is 17.3. The predicted molar refractivity (Wildman–Crippen MR) is 130 cm³/mol. The maximum Gasteiger partial charge on any atom is 0.235 e. The fourth-order valence-corrected chi connectivity index (χ4v) is 4.90. The number of nitrogens with one attached hydrogen (secondary N) is 1. The minimum absolute atomic E-state index is 0.0684. The van der Waals surface area contributed by atoms with Gasteiger partial charge in [-0.3, -0.25) is 4.79 Å². The van der Waals surface area contributed by atoms with Gasteiger partial charge in [0.1, 0.15) is 17.1 Å². The molecule has 5 aromatic rings. The van der Waals surface area contributed by atoms with Crippen LogP contribution in [0.4, 0.5) is 5.82 Å². The number of nitrogens with zero attached hydrogens (tertiary/aromatic N) is 3. The number of fused-ring (bicyclic) bond motifs is 1. The Hall–Kier alpha value is -3.36. The maximum absolute atomic E-state index is 12.5. The summed E-state index contributed by atoms with van der Waals surface area (Å²) in [6.45, 7) is 1.89. The minimum atomic E-state index is -0.0684. The second kappa shape index (κ2) is 9.02. The Kier molecular flexibility index (Phi) is 5.79. The molecule has 1 N–H and O–H groups in total. The standard InChI is InChI=1S/C24H20N4O2S2/c1-16-11-22(26-23(29)15-31-13-17-7-3-2-4-8-17)28(27-16)24-25-19(14-32-24)21-12-18-9-5-6-10-20(18)30-21/h2-12,14H,13,15H2,1H3,(H,26,29). The molecular weight excluding hydrogens is 440 g/mol. The van der Waals surface area contributed by atoms with E-state index in [-0.39, 0.29) is 5.91 Å². The average Bonchev–Trinajstić information content (AvgIpc) is 3.52. The number of amides is 1. The van der Waals surface area contributed by atoms with Crippen LogP contribution in [0.5, 0.6) is 0 Å². The molecule has 0 unspecified atom stereocenters. The number of thiazole rings is 1. The van der Waals surface area contributed by atoms with Crippen LogP contribution in [0, 0.1) is 6.92 Å². The molecule has 2 aromatic carbocycles. The molecule has 6 nitrogen and oxygen atoms in total. The Labute approximate surface area is 193 Å². The quantitative estimate of drug-likeness (QED) is 0.326. The Bertz CT molecular complexity index is 1340. The number of hydrogen-bond donors (Lipinski definition) is 1. The third-order valence-corrected chi connectivity index (χ3v) is 6.61. The van der Waals surface area contributed by atoms with Crippen LogP contribution in [0.3, 0.4) is 0 Å². The highest BCUT2D eigenvalue weighted by atomic mass is 32.2.